The number of aromatic nitrogens is 1. The molecule has 244 valence electrons. The number of allylic oxidation sites excluding steroid dienone is 1. The quantitative estimate of drug-likeness (QED) is 0.187. The van der Waals surface area contributed by atoms with Gasteiger partial charge in [-0.3, -0.25) is 19.2 Å². The summed E-state index contributed by atoms with van der Waals surface area (Å²) in [5.74, 6) is -2.42. The van der Waals surface area contributed by atoms with Crippen LogP contribution in [0.2, 0.25) is 0 Å². The molecule has 1 heterocycles. The Morgan fingerprint density at radius 3 is 2.51 bits per heavy atom. The lowest BCUT2D eigenvalue weighted by Crippen LogP contribution is -2.52. The number of amides is 4. The molecule has 0 saturated carbocycles. The van der Waals surface area contributed by atoms with E-state index in [1.165, 1.54) is 47.2 Å². The van der Waals surface area contributed by atoms with E-state index in [1.807, 2.05) is 42.5 Å². The van der Waals surface area contributed by atoms with Crippen LogP contribution in [0.5, 0.6) is 0 Å². The number of carbonyl (C=O) groups excluding carboxylic acids is 4. The number of nitrogens with zero attached hydrogens (tertiary/aromatic N) is 3. The number of fused-ring (bicyclic) bond motifs is 1. The van der Waals surface area contributed by atoms with Crippen molar-refractivity contribution in [2.24, 2.45) is 5.73 Å². The van der Waals surface area contributed by atoms with Crippen molar-refractivity contribution in [3.05, 3.63) is 114 Å². The molecule has 0 saturated heterocycles. The third-order valence-electron chi connectivity index (χ3n) is 7.69. The summed E-state index contributed by atoms with van der Waals surface area (Å²) < 4.78 is 19.6. The topological polar surface area (TPSA) is 139 Å². The lowest BCUT2D eigenvalue weighted by atomic mass is 9.98. The van der Waals surface area contributed by atoms with Gasteiger partial charge in [-0.15, -0.1) is 0 Å². The SMILES string of the molecule is C=Cc1ccc(F)cc1N(C(=O)CN(C)C(=O)[C@H](Cc1cccc2ccccc12)NC(=O)c1cc(C)on1)[C@H](/C=C/C)CCC(N)=O. The zero-order chi connectivity index (χ0) is 34.1. The lowest BCUT2D eigenvalue weighted by molar-refractivity contribution is -0.135. The van der Waals surface area contributed by atoms with Crippen molar-refractivity contribution >= 4 is 46.2 Å². The van der Waals surface area contributed by atoms with Crippen LogP contribution in [-0.2, 0) is 20.8 Å². The zero-order valence-corrected chi connectivity index (χ0v) is 26.6. The van der Waals surface area contributed by atoms with Crippen molar-refractivity contribution < 1.29 is 28.1 Å². The number of aryl methyl sites for hydroxylation is 1. The fraction of sp³-hybridized carbons (Fsp3) is 0.250. The predicted octanol–water partition coefficient (Wildman–Crippen LogP) is 4.96. The van der Waals surface area contributed by atoms with Crippen molar-refractivity contribution in [1.29, 1.82) is 0 Å². The standard InChI is InChI=1S/C36H38FN5O5/c1-5-10-28(17-18-33(38)43)42(32-21-27(37)16-15-24(32)6-2)34(44)22-41(4)36(46)31(39-35(45)30-19-23(3)47-40-30)20-26-13-9-12-25-11-7-8-14-29(25)26/h5-16,19,21,28,31H,2,17-18,20,22H2,1,3-4H3,(H2,38,43)(H,39,45)/b10-5+/t28-,31+/m1/s1. The number of nitrogens with one attached hydrogen (secondary N) is 1. The van der Waals surface area contributed by atoms with E-state index in [-0.39, 0.29) is 30.6 Å². The van der Waals surface area contributed by atoms with Gasteiger partial charge < -0.3 is 25.4 Å². The van der Waals surface area contributed by atoms with E-state index in [9.17, 15) is 23.6 Å². The molecule has 0 radical (unpaired) electrons. The fourth-order valence-electron chi connectivity index (χ4n) is 5.44. The monoisotopic (exact) mass is 639 g/mol. The summed E-state index contributed by atoms with van der Waals surface area (Å²) in [6.45, 7) is 6.78. The van der Waals surface area contributed by atoms with Gasteiger partial charge in [-0.25, -0.2) is 4.39 Å². The maximum Gasteiger partial charge on any atom is 0.274 e. The summed E-state index contributed by atoms with van der Waals surface area (Å²) in [5.41, 5.74) is 6.95. The zero-order valence-electron chi connectivity index (χ0n) is 26.6. The van der Waals surface area contributed by atoms with Gasteiger partial charge in [0.05, 0.1) is 18.3 Å². The van der Waals surface area contributed by atoms with E-state index in [0.29, 0.717) is 11.3 Å². The molecule has 0 spiro atoms. The van der Waals surface area contributed by atoms with E-state index in [2.05, 4.69) is 17.1 Å². The molecule has 0 aliphatic carbocycles. The van der Waals surface area contributed by atoms with Crippen LogP contribution in [0, 0.1) is 12.7 Å². The first kappa shape index (κ1) is 34.3. The molecule has 3 N–H and O–H groups in total. The number of carbonyl (C=O) groups is 4. The van der Waals surface area contributed by atoms with Gasteiger partial charge in [0.25, 0.3) is 5.91 Å². The van der Waals surface area contributed by atoms with Crippen molar-refractivity contribution in [3.8, 4) is 0 Å². The maximum atomic E-state index is 14.6. The van der Waals surface area contributed by atoms with Gasteiger partial charge in [0.1, 0.15) is 17.6 Å². The number of hydrogen-bond acceptors (Lipinski definition) is 6. The Hall–Kier alpha value is -5.58. The second-order valence-electron chi connectivity index (χ2n) is 11.2. The molecular formula is C36H38FN5O5. The molecule has 47 heavy (non-hydrogen) atoms. The first-order valence-electron chi connectivity index (χ1n) is 15.1. The first-order chi connectivity index (χ1) is 22.5. The molecule has 0 bridgehead atoms. The third-order valence-corrected chi connectivity index (χ3v) is 7.69. The van der Waals surface area contributed by atoms with Crippen LogP contribution < -0.4 is 16.0 Å². The van der Waals surface area contributed by atoms with Crippen molar-refractivity contribution in [3.63, 3.8) is 0 Å². The molecule has 11 heteroatoms. The van der Waals surface area contributed by atoms with E-state index in [0.717, 1.165) is 16.3 Å². The largest absolute Gasteiger partial charge is 0.370 e. The Kier molecular flexibility index (Phi) is 11.4. The van der Waals surface area contributed by atoms with Crippen LogP contribution in [0.15, 0.2) is 90.0 Å². The van der Waals surface area contributed by atoms with Crippen LogP contribution in [0.3, 0.4) is 0 Å². The van der Waals surface area contributed by atoms with Gasteiger partial charge in [0.2, 0.25) is 17.7 Å². The molecule has 4 aromatic rings. The van der Waals surface area contributed by atoms with Gasteiger partial charge in [0.15, 0.2) is 5.69 Å². The number of anilines is 1. The molecule has 10 nitrogen and oxygen atoms in total. The van der Waals surface area contributed by atoms with Gasteiger partial charge in [0, 0.05) is 26.0 Å². The summed E-state index contributed by atoms with van der Waals surface area (Å²) in [6, 6.07) is 17.0. The van der Waals surface area contributed by atoms with Crippen molar-refractivity contribution in [2.75, 3.05) is 18.5 Å². The highest BCUT2D eigenvalue weighted by Gasteiger charge is 2.31. The van der Waals surface area contributed by atoms with Crippen LogP contribution in [0.1, 0.15) is 47.1 Å². The molecule has 0 unspecified atom stereocenters. The minimum Gasteiger partial charge on any atom is -0.370 e. The van der Waals surface area contributed by atoms with E-state index < -0.39 is 48.1 Å². The first-order valence-corrected chi connectivity index (χ1v) is 15.1. The third kappa shape index (κ3) is 8.57. The van der Waals surface area contributed by atoms with E-state index >= 15 is 0 Å². The Bertz CT molecular complexity index is 1810. The highest BCUT2D eigenvalue weighted by atomic mass is 19.1. The Labute approximate surface area is 272 Å². The number of nitrogens with two attached hydrogens (primary N) is 1. The number of primary amides is 1. The highest BCUT2D eigenvalue weighted by Crippen LogP contribution is 2.28. The highest BCUT2D eigenvalue weighted by molar-refractivity contribution is 6.01. The minimum absolute atomic E-state index is 0.00910. The molecule has 4 rings (SSSR count). The lowest BCUT2D eigenvalue weighted by Gasteiger charge is -2.33. The smallest absolute Gasteiger partial charge is 0.274 e. The number of halogens is 1. The Morgan fingerprint density at radius 1 is 1.09 bits per heavy atom. The van der Waals surface area contributed by atoms with Crippen molar-refractivity contribution in [2.45, 2.75) is 45.2 Å². The minimum atomic E-state index is -1.09. The molecule has 1 aromatic heterocycles. The number of hydrogen-bond donors (Lipinski definition) is 2. The summed E-state index contributed by atoms with van der Waals surface area (Å²) in [5, 5.41) is 8.43. The van der Waals surface area contributed by atoms with E-state index in [4.69, 9.17) is 10.3 Å². The predicted molar refractivity (Wildman–Crippen MR) is 179 cm³/mol. The normalized spacial score (nSPS) is 12.4. The van der Waals surface area contributed by atoms with Crippen LogP contribution in [0.25, 0.3) is 16.8 Å². The molecule has 4 amide bonds. The summed E-state index contributed by atoms with van der Waals surface area (Å²) in [4.78, 5) is 55.7. The molecule has 3 aromatic carbocycles. The Morgan fingerprint density at radius 2 is 1.83 bits per heavy atom. The second kappa shape index (κ2) is 15.6. The average Bonchev–Trinajstić information content (AvgIpc) is 3.49. The molecule has 0 fully saturated rings. The van der Waals surface area contributed by atoms with Gasteiger partial charge in [-0.05, 0) is 54.3 Å². The summed E-state index contributed by atoms with van der Waals surface area (Å²) in [7, 11) is 1.45. The maximum absolute atomic E-state index is 14.6. The summed E-state index contributed by atoms with van der Waals surface area (Å²) in [6.07, 6.45) is 5.17. The molecule has 0 aliphatic rings. The van der Waals surface area contributed by atoms with Crippen molar-refractivity contribution in [1.82, 2.24) is 15.4 Å². The second-order valence-corrected chi connectivity index (χ2v) is 11.2. The van der Waals surface area contributed by atoms with Gasteiger partial charge in [-0.2, -0.15) is 0 Å². The summed E-state index contributed by atoms with van der Waals surface area (Å²) >= 11 is 0. The average molecular weight is 640 g/mol. The number of likely N-dealkylation sites (N-methyl/N-ethyl adjacent to an activating group) is 1. The fourth-order valence-corrected chi connectivity index (χ4v) is 5.44. The van der Waals surface area contributed by atoms with E-state index in [1.54, 1.807) is 26.0 Å². The molecule has 2 atom stereocenters. The van der Waals surface area contributed by atoms with Crippen LogP contribution in [-0.4, -0.2) is 59.4 Å². The van der Waals surface area contributed by atoms with Gasteiger partial charge >= 0.3 is 0 Å². The number of rotatable bonds is 14. The molecule has 0 aliphatic heterocycles. The van der Waals surface area contributed by atoms with Gasteiger partial charge in [-0.1, -0.05) is 78.5 Å². The Balaban J connectivity index is 1.68. The molecular weight excluding hydrogens is 601 g/mol. The van der Waals surface area contributed by atoms with Crippen LogP contribution in [0.4, 0.5) is 10.1 Å². The van der Waals surface area contributed by atoms with Crippen LogP contribution >= 0.6 is 0 Å². The number of benzene rings is 3.